The summed E-state index contributed by atoms with van der Waals surface area (Å²) in [5.74, 6) is 0.115. The van der Waals surface area contributed by atoms with Crippen molar-refractivity contribution >= 4 is 23.1 Å². The summed E-state index contributed by atoms with van der Waals surface area (Å²) < 4.78 is 0. The van der Waals surface area contributed by atoms with Crippen LogP contribution >= 0.6 is 0 Å². The fourth-order valence-electron chi connectivity index (χ4n) is 3.51. The molecule has 1 unspecified atom stereocenters. The Bertz CT molecular complexity index is 807. The maximum absolute atomic E-state index is 12.6. The number of amides is 1. The summed E-state index contributed by atoms with van der Waals surface area (Å²) in [6, 6.07) is 15.6. The van der Waals surface area contributed by atoms with E-state index >= 15 is 0 Å². The summed E-state index contributed by atoms with van der Waals surface area (Å²) in [5.41, 5.74) is 3.97. The third-order valence-electron chi connectivity index (χ3n) is 5.51. The zero-order valence-electron chi connectivity index (χ0n) is 16.9. The average molecular weight is 380 g/mol. The van der Waals surface area contributed by atoms with E-state index in [0.29, 0.717) is 0 Å². The number of Topliss-reactive ketones (excluding diaryl/α,β-unsaturated/α-hetero) is 1. The molecule has 0 bridgehead atoms. The predicted molar refractivity (Wildman–Crippen MR) is 114 cm³/mol. The summed E-state index contributed by atoms with van der Waals surface area (Å²) >= 11 is 0. The number of rotatable bonds is 6. The third-order valence-corrected chi connectivity index (χ3v) is 5.51. The molecule has 5 heteroatoms. The van der Waals surface area contributed by atoms with Gasteiger partial charge in [0.2, 0.25) is 5.91 Å². The van der Waals surface area contributed by atoms with E-state index < -0.39 is 0 Å². The SMILES string of the molecule is CCc1ccc(NC(=O)C(C)N2CCN(c3ccc(C(C)=O)cc3)CC2)cc1. The molecule has 0 aliphatic carbocycles. The van der Waals surface area contributed by atoms with Gasteiger partial charge in [0.25, 0.3) is 0 Å². The minimum absolute atomic E-state index is 0.0310. The van der Waals surface area contributed by atoms with Crippen molar-refractivity contribution in [3.8, 4) is 0 Å². The van der Waals surface area contributed by atoms with Crippen LogP contribution in [-0.2, 0) is 11.2 Å². The fourth-order valence-corrected chi connectivity index (χ4v) is 3.51. The minimum atomic E-state index is -0.173. The molecule has 0 saturated carbocycles. The summed E-state index contributed by atoms with van der Waals surface area (Å²) in [7, 11) is 0. The first-order chi connectivity index (χ1) is 13.5. The number of carbonyl (C=O) groups is 2. The summed E-state index contributed by atoms with van der Waals surface area (Å²) in [6.45, 7) is 9.05. The van der Waals surface area contributed by atoms with Gasteiger partial charge in [0, 0.05) is 43.1 Å². The summed E-state index contributed by atoms with van der Waals surface area (Å²) in [4.78, 5) is 28.6. The Morgan fingerprint density at radius 3 is 2.11 bits per heavy atom. The molecule has 5 nitrogen and oxygen atoms in total. The van der Waals surface area contributed by atoms with Crippen LogP contribution < -0.4 is 10.2 Å². The van der Waals surface area contributed by atoms with Crippen molar-refractivity contribution in [2.24, 2.45) is 0 Å². The molecule has 1 aliphatic rings. The highest BCUT2D eigenvalue weighted by atomic mass is 16.2. The topological polar surface area (TPSA) is 52.7 Å². The van der Waals surface area contributed by atoms with Gasteiger partial charge in [-0.3, -0.25) is 14.5 Å². The Morgan fingerprint density at radius 1 is 0.964 bits per heavy atom. The van der Waals surface area contributed by atoms with Crippen LogP contribution in [0.25, 0.3) is 0 Å². The molecule has 2 aromatic rings. The Morgan fingerprint density at radius 2 is 1.57 bits per heavy atom. The van der Waals surface area contributed by atoms with Crippen molar-refractivity contribution in [2.45, 2.75) is 33.2 Å². The van der Waals surface area contributed by atoms with Crippen molar-refractivity contribution in [1.29, 1.82) is 0 Å². The second kappa shape index (κ2) is 9.02. The quantitative estimate of drug-likeness (QED) is 0.779. The van der Waals surface area contributed by atoms with Gasteiger partial charge in [0.15, 0.2) is 5.78 Å². The molecule has 148 valence electrons. The van der Waals surface area contributed by atoms with Crippen molar-refractivity contribution in [1.82, 2.24) is 4.90 Å². The second-order valence-corrected chi connectivity index (χ2v) is 7.34. The first-order valence-corrected chi connectivity index (χ1v) is 9.97. The van der Waals surface area contributed by atoms with Gasteiger partial charge in [0.1, 0.15) is 0 Å². The van der Waals surface area contributed by atoms with Crippen LogP contribution in [0.3, 0.4) is 0 Å². The van der Waals surface area contributed by atoms with Gasteiger partial charge in [-0.15, -0.1) is 0 Å². The fraction of sp³-hybridized carbons (Fsp3) is 0.391. The number of nitrogens with zero attached hydrogens (tertiary/aromatic N) is 2. The van der Waals surface area contributed by atoms with Crippen LogP contribution in [0.2, 0.25) is 0 Å². The predicted octanol–water partition coefficient (Wildman–Crippen LogP) is 3.60. The zero-order valence-corrected chi connectivity index (χ0v) is 16.9. The monoisotopic (exact) mass is 379 g/mol. The van der Waals surface area contributed by atoms with Gasteiger partial charge in [-0.2, -0.15) is 0 Å². The molecule has 0 aromatic heterocycles. The minimum Gasteiger partial charge on any atom is -0.369 e. The number of piperazine rings is 1. The van der Waals surface area contributed by atoms with Gasteiger partial charge < -0.3 is 10.2 Å². The highest BCUT2D eigenvalue weighted by Crippen LogP contribution is 2.19. The molecule has 1 fully saturated rings. The standard InChI is InChI=1S/C23H29N3O2/c1-4-19-5-9-21(10-6-19)24-23(28)17(2)25-13-15-26(16-14-25)22-11-7-20(8-12-22)18(3)27/h5-12,17H,4,13-16H2,1-3H3,(H,24,28). The number of hydrogen-bond donors (Lipinski definition) is 1. The first-order valence-electron chi connectivity index (χ1n) is 9.97. The van der Waals surface area contributed by atoms with Gasteiger partial charge in [-0.1, -0.05) is 19.1 Å². The van der Waals surface area contributed by atoms with Crippen molar-refractivity contribution in [3.63, 3.8) is 0 Å². The Hall–Kier alpha value is -2.66. The molecule has 28 heavy (non-hydrogen) atoms. The molecule has 2 aromatic carbocycles. The van der Waals surface area contributed by atoms with E-state index in [1.807, 2.05) is 43.3 Å². The van der Waals surface area contributed by atoms with Crippen molar-refractivity contribution < 1.29 is 9.59 Å². The largest absolute Gasteiger partial charge is 0.369 e. The number of hydrogen-bond acceptors (Lipinski definition) is 4. The molecule has 0 spiro atoms. The van der Waals surface area contributed by atoms with Crippen LogP contribution in [0.1, 0.15) is 36.7 Å². The Labute approximate surface area is 167 Å². The lowest BCUT2D eigenvalue weighted by molar-refractivity contribution is -0.120. The molecular weight excluding hydrogens is 350 g/mol. The summed E-state index contributed by atoms with van der Waals surface area (Å²) in [5, 5.41) is 3.02. The highest BCUT2D eigenvalue weighted by molar-refractivity contribution is 5.95. The van der Waals surface area contributed by atoms with E-state index in [1.54, 1.807) is 6.92 Å². The van der Waals surface area contributed by atoms with Crippen LogP contribution in [0, 0.1) is 0 Å². The molecule has 1 aliphatic heterocycles. The lowest BCUT2D eigenvalue weighted by Gasteiger charge is -2.38. The smallest absolute Gasteiger partial charge is 0.241 e. The molecule has 1 heterocycles. The normalized spacial score (nSPS) is 15.9. The van der Waals surface area contributed by atoms with Gasteiger partial charge >= 0.3 is 0 Å². The number of nitrogens with one attached hydrogen (secondary N) is 1. The molecule has 3 rings (SSSR count). The van der Waals surface area contributed by atoms with Crippen molar-refractivity contribution in [3.05, 3.63) is 59.7 Å². The maximum atomic E-state index is 12.6. The number of benzene rings is 2. The number of aryl methyl sites for hydroxylation is 1. The zero-order chi connectivity index (χ0) is 20.1. The molecule has 0 radical (unpaired) electrons. The highest BCUT2D eigenvalue weighted by Gasteiger charge is 2.25. The molecule has 1 N–H and O–H groups in total. The van der Waals surface area contributed by atoms with E-state index in [-0.39, 0.29) is 17.7 Å². The Balaban J connectivity index is 1.53. The lowest BCUT2D eigenvalue weighted by Crippen LogP contribution is -2.52. The van der Waals surface area contributed by atoms with Crippen molar-refractivity contribution in [2.75, 3.05) is 36.4 Å². The van der Waals surface area contributed by atoms with E-state index in [4.69, 9.17) is 0 Å². The van der Waals surface area contributed by atoms with Crippen LogP contribution in [0.5, 0.6) is 0 Å². The van der Waals surface area contributed by atoms with E-state index in [2.05, 4.69) is 34.2 Å². The van der Waals surface area contributed by atoms with Crippen LogP contribution in [0.4, 0.5) is 11.4 Å². The molecule has 1 atom stereocenters. The van der Waals surface area contributed by atoms with E-state index in [0.717, 1.165) is 49.5 Å². The van der Waals surface area contributed by atoms with Crippen LogP contribution in [-0.4, -0.2) is 48.8 Å². The Kier molecular flexibility index (Phi) is 6.47. The van der Waals surface area contributed by atoms with E-state index in [1.165, 1.54) is 5.56 Å². The van der Waals surface area contributed by atoms with E-state index in [9.17, 15) is 9.59 Å². The number of anilines is 2. The molecular formula is C23H29N3O2. The second-order valence-electron chi connectivity index (χ2n) is 7.34. The van der Waals surface area contributed by atoms with Gasteiger partial charge in [-0.25, -0.2) is 0 Å². The number of ketones is 1. The van der Waals surface area contributed by atoms with Crippen LogP contribution in [0.15, 0.2) is 48.5 Å². The third kappa shape index (κ3) is 4.78. The first kappa shape index (κ1) is 20.1. The summed E-state index contributed by atoms with van der Waals surface area (Å²) in [6.07, 6.45) is 0.992. The number of carbonyl (C=O) groups excluding carboxylic acids is 2. The molecule has 1 saturated heterocycles. The maximum Gasteiger partial charge on any atom is 0.241 e. The molecule has 1 amide bonds. The van der Waals surface area contributed by atoms with Gasteiger partial charge in [-0.05, 0) is 62.2 Å². The average Bonchev–Trinajstić information content (AvgIpc) is 2.74. The van der Waals surface area contributed by atoms with Gasteiger partial charge in [0.05, 0.1) is 6.04 Å². The lowest BCUT2D eigenvalue weighted by atomic mass is 10.1.